The van der Waals surface area contributed by atoms with E-state index in [0.29, 0.717) is 44.9 Å². The Morgan fingerprint density at radius 1 is 0.590 bits per heavy atom. The number of rotatable bonds is 19. The number of carbonyl (C=O) groups is 3. The highest BCUT2D eigenvalue weighted by Gasteiger charge is 2.86. The van der Waals surface area contributed by atoms with Gasteiger partial charge in [0.2, 0.25) is 0 Å². The Morgan fingerprint density at radius 2 is 1.18 bits per heavy atom. The number of hydrogen-bond acceptors (Lipinski definition) is 32. The van der Waals surface area contributed by atoms with Gasteiger partial charge in [0.25, 0.3) is 0 Å². The molecule has 3 unspecified atom stereocenters. The maximum atomic E-state index is 14.0. The molecule has 5 aliphatic carbocycles. The zero-order valence-corrected chi connectivity index (χ0v) is 58.5. The number of hydrogen-bond donors (Lipinski definition) is 15. The third-order valence-corrected chi connectivity index (χ3v) is 26.0. The summed E-state index contributed by atoms with van der Waals surface area (Å²) in [6.07, 6.45) is -40.8. The van der Waals surface area contributed by atoms with E-state index in [1.54, 1.807) is 6.08 Å². The van der Waals surface area contributed by atoms with Crippen LogP contribution in [-0.4, -0.2) is 305 Å². The second-order valence-corrected chi connectivity index (χ2v) is 32.1. The molecule has 0 amide bonds. The minimum absolute atomic E-state index is 0.0708. The number of allylic oxidation sites excluding steroid dienone is 1. The maximum absolute atomic E-state index is 14.0. The molecule has 6 heterocycles. The van der Waals surface area contributed by atoms with Crippen molar-refractivity contribution in [3.63, 3.8) is 0 Å². The van der Waals surface area contributed by atoms with E-state index < -0.39 is 260 Å². The lowest BCUT2D eigenvalue weighted by Crippen LogP contribution is -2.77. The monoisotopic (exact) mass is 1440 g/mol. The number of aliphatic hydroxyl groups is 15. The summed E-state index contributed by atoms with van der Waals surface area (Å²) in [7, 11) is 1.01. The summed E-state index contributed by atoms with van der Waals surface area (Å²) in [5.41, 5.74) is -8.56. The first kappa shape index (κ1) is 78.2. The van der Waals surface area contributed by atoms with Crippen molar-refractivity contribution in [1.82, 2.24) is 0 Å². The van der Waals surface area contributed by atoms with Gasteiger partial charge < -0.3 is 143 Å². The van der Waals surface area contributed by atoms with Crippen molar-refractivity contribution >= 4 is 17.9 Å². The minimum atomic E-state index is -2.24. The first-order chi connectivity index (χ1) is 46.9. The molecule has 32 nitrogen and oxygen atoms in total. The molecule has 11 fully saturated rings. The van der Waals surface area contributed by atoms with Crippen molar-refractivity contribution in [3.8, 4) is 0 Å². The number of fused-ring (bicyclic) bond motifs is 4. The molecule has 1 spiro atoms. The van der Waals surface area contributed by atoms with Crippen molar-refractivity contribution in [2.24, 2.45) is 50.2 Å². The van der Waals surface area contributed by atoms with Crippen molar-refractivity contribution in [2.75, 3.05) is 33.5 Å². The second-order valence-electron chi connectivity index (χ2n) is 32.1. The van der Waals surface area contributed by atoms with E-state index in [2.05, 4.69) is 20.8 Å². The molecule has 0 radical (unpaired) electrons. The molecule has 11 rings (SSSR count). The van der Waals surface area contributed by atoms with Gasteiger partial charge in [-0.05, 0) is 92.8 Å². The van der Waals surface area contributed by atoms with Crippen LogP contribution in [0.15, 0.2) is 12.2 Å². The molecule has 36 atom stereocenters. The fourth-order valence-corrected chi connectivity index (χ4v) is 20.5. The highest BCUT2D eigenvalue weighted by atomic mass is 16.8. The summed E-state index contributed by atoms with van der Waals surface area (Å²) >= 11 is 0. The van der Waals surface area contributed by atoms with Crippen LogP contribution in [-0.2, 0) is 80.7 Å². The Morgan fingerprint density at radius 3 is 1.80 bits per heavy atom. The van der Waals surface area contributed by atoms with Crippen molar-refractivity contribution < 1.29 is 157 Å². The van der Waals surface area contributed by atoms with Gasteiger partial charge >= 0.3 is 17.9 Å². The topological polar surface area (TPSA) is 484 Å². The summed E-state index contributed by atoms with van der Waals surface area (Å²) in [6.45, 7) is 15.6. The molecular weight excluding hydrogens is 1330 g/mol. The number of methoxy groups -OCH3 is 1. The molecule has 6 saturated heterocycles. The third kappa shape index (κ3) is 12.5. The van der Waals surface area contributed by atoms with E-state index in [1.807, 2.05) is 34.6 Å². The number of esters is 3. The van der Waals surface area contributed by atoms with Crippen LogP contribution in [0, 0.1) is 50.2 Å². The average molecular weight is 1440 g/mol. The normalized spacial score (nSPS) is 52.6. The van der Waals surface area contributed by atoms with Crippen LogP contribution in [0.2, 0.25) is 0 Å². The molecule has 5 saturated carbocycles. The van der Waals surface area contributed by atoms with Gasteiger partial charge in [-0.25, -0.2) is 9.59 Å². The van der Waals surface area contributed by atoms with Crippen LogP contribution in [0.25, 0.3) is 0 Å². The molecule has 11 aliphatic rings. The lowest BCUT2D eigenvalue weighted by atomic mass is 9.30. The molecule has 6 aliphatic heterocycles. The molecule has 0 aromatic carbocycles. The van der Waals surface area contributed by atoms with E-state index in [0.717, 1.165) is 13.5 Å². The van der Waals surface area contributed by atoms with Crippen LogP contribution in [0.1, 0.15) is 133 Å². The number of aliphatic hydroxyl groups excluding tert-OH is 14. The SMILES string of the molecule is CCC/C=C/C(=O)O[C@H]1[C@H](OC(C)=O)[C@@]23C(CC1(C)C)[C@]1(CCC4[C@@]5(C)CC[C@H](O[C@@H]6O[C@H](C(=O)OC)[C@@H](O)[C@H](O[C@@H]7O[C@H](CO)[C@H](O)[C@H](O)[C@H]7O[C@@H]7O[C@@H](C)[C@H](O)[C@@H](O)[C@H]7O[C@@H]7OC[C@](O)(CO)[C@H]7O)[C@H]6O[C@@H]6O[C@H](CO)[C@H](O)[C@H](O)[C@H]6O)C(C)(C)C5CC[C@@]4(C)[C@]1(C)C[C@H]2O)O[C@H]3O. The fraction of sp³-hybridized carbons (Fsp3) is 0.926. The minimum Gasteiger partial charge on any atom is -0.467 e. The number of ether oxygens (including phenoxy) is 14. The van der Waals surface area contributed by atoms with Gasteiger partial charge in [-0.1, -0.05) is 67.9 Å². The standard InChI is InChI=1S/C68H108O32/c1-12-13-14-15-37(74)94-52-53(90-29(3)72)68-34(22-61(52,4)5)67(100-60(68)85)21-17-33-63(8)19-18-36(62(6,7)32(63)16-20-64(33,9)65(67,10)23-35(68)73)93-58-50(99-55-44(81)41(78)39(76)30(24-69)91-55)46(45(82)47(96-58)54(84)87-11)95-57-49(43(80)40(77)31(25-70)92-57)97-56-48(42(79)38(75)28(2)89-56)98-59-51(83)66(86,26-71)27-88-59/h14-15,28,30-36,38-53,55-60,69-71,73,75-83,85-86H,12-13,16-27H2,1-11H3/b15-14+/t28-,30+,31+,32?,33?,34?,35+,36-,38-,39-,40-,41-,42+,43-,44+,45-,46-,47-,48+,49+,50+,51-,52-,53-,55-,56-,57-,58+,59-,60+,63-,64+,65-,66+,67-,68+/m0/s1. The largest absolute Gasteiger partial charge is 0.467 e. The van der Waals surface area contributed by atoms with E-state index in [1.165, 1.54) is 19.9 Å². The zero-order valence-electron chi connectivity index (χ0n) is 58.5. The predicted octanol–water partition coefficient (Wildman–Crippen LogP) is -2.94. The van der Waals surface area contributed by atoms with Gasteiger partial charge in [0.05, 0.1) is 62.9 Å². The second kappa shape index (κ2) is 28.7. The Bertz CT molecular complexity index is 2920. The fourth-order valence-electron chi connectivity index (χ4n) is 20.5. The molecule has 0 aromatic rings. The molecule has 2 bridgehead atoms. The van der Waals surface area contributed by atoms with Crippen LogP contribution < -0.4 is 0 Å². The van der Waals surface area contributed by atoms with Gasteiger partial charge in [0, 0.05) is 29.7 Å². The quantitative estimate of drug-likeness (QED) is 0.0266. The molecular formula is C68H108O32. The van der Waals surface area contributed by atoms with Gasteiger partial charge in [-0.3, -0.25) is 4.79 Å². The van der Waals surface area contributed by atoms with Gasteiger partial charge in [-0.2, -0.15) is 0 Å². The summed E-state index contributed by atoms with van der Waals surface area (Å²) < 4.78 is 86.9. The molecule has 100 heavy (non-hydrogen) atoms. The van der Waals surface area contributed by atoms with E-state index >= 15 is 0 Å². The van der Waals surface area contributed by atoms with Crippen LogP contribution in [0.3, 0.4) is 0 Å². The van der Waals surface area contributed by atoms with Crippen LogP contribution >= 0.6 is 0 Å². The van der Waals surface area contributed by atoms with Gasteiger partial charge in [-0.15, -0.1) is 0 Å². The lowest BCUT2D eigenvalue weighted by molar-refractivity contribution is -0.409. The summed E-state index contributed by atoms with van der Waals surface area (Å²) in [4.78, 5) is 40.8. The summed E-state index contributed by atoms with van der Waals surface area (Å²) in [5.74, 6) is -3.34. The van der Waals surface area contributed by atoms with E-state index in [9.17, 15) is 91.0 Å². The lowest BCUT2D eigenvalue weighted by Gasteiger charge is -2.75. The molecule has 572 valence electrons. The maximum Gasteiger partial charge on any atom is 0.337 e. The van der Waals surface area contributed by atoms with Gasteiger partial charge in [0.1, 0.15) is 103 Å². The highest BCUT2D eigenvalue weighted by Crippen LogP contribution is 2.82. The Labute approximate surface area is 579 Å². The summed E-state index contributed by atoms with van der Waals surface area (Å²) in [6, 6.07) is 0. The Kier molecular flexibility index (Phi) is 22.4. The van der Waals surface area contributed by atoms with E-state index in [-0.39, 0.29) is 24.7 Å². The third-order valence-electron chi connectivity index (χ3n) is 26.0. The van der Waals surface area contributed by atoms with Crippen LogP contribution in [0.4, 0.5) is 0 Å². The van der Waals surface area contributed by atoms with Crippen molar-refractivity contribution in [1.29, 1.82) is 0 Å². The first-order valence-electron chi connectivity index (χ1n) is 35.2. The molecule has 32 heteroatoms. The first-order valence-corrected chi connectivity index (χ1v) is 35.2. The average Bonchev–Trinajstić information content (AvgIpc) is 1.40. The Balaban J connectivity index is 0.913. The zero-order chi connectivity index (χ0) is 73.3. The number of carbonyl (C=O) groups excluding carboxylic acids is 3. The van der Waals surface area contributed by atoms with Crippen molar-refractivity contribution in [3.05, 3.63) is 12.2 Å². The smallest absolute Gasteiger partial charge is 0.337 e. The Hall–Kier alpha value is -2.89. The summed E-state index contributed by atoms with van der Waals surface area (Å²) in [5, 5.41) is 170. The molecule has 15 N–H and O–H groups in total. The van der Waals surface area contributed by atoms with Crippen molar-refractivity contribution in [2.45, 2.75) is 311 Å². The van der Waals surface area contributed by atoms with Crippen LogP contribution in [0.5, 0.6) is 0 Å². The number of unbranched alkanes of at least 4 members (excludes halogenated alkanes) is 1. The van der Waals surface area contributed by atoms with E-state index in [4.69, 9.17) is 66.3 Å². The van der Waals surface area contributed by atoms with Gasteiger partial charge in [0.15, 0.2) is 49.9 Å². The molecule has 0 aromatic heterocycles. The highest BCUT2D eigenvalue weighted by molar-refractivity contribution is 5.82. The predicted molar refractivity (Wildman–Crippen MR) is 334 cm³/mol.